The van der Waals surface area contributed by atoms with Crippen LogP contribution in [0.25, 0.3) is 27.7 Å². The van der Waals surface area contributed by atoms with E-state index in [-0.39, 0.29) is 12.3 Å². The maximum absolute atomic E-state index is 12.8. The van der Waals surface area contributed by atoms with Crippen LogP contribution in [0.15, 0.2) is 139 Å². The number of carbonyl (C=O) groups is 1. The van der Waals surface area contributed by atoms with Gasteiger partial charge in [-0.3, -0.25) is 4.79 Å². The summed E-state index contributed by atoms with van der Waals surface area (Å²) >= 11 is 0. The highest BCUT2D eigenvalue weighted by molar-refractivity contribution is 5.92. The molecule has 0 radical (unpaired) electrons. The minimum atomic E-state index is -0.186. The van der Waals surface area contributed by atoms with Gasteiger partial charge in [-0.25, -0.2) is 10.1 Å². The number of hydrazone groups is 1. The number of nitrogens with one attached hydrogen (secondary N) is 1. The molecule has 0 spiro atoms. The van der Waals surface area contributed by atoms with Crippen molar-refractivity contribution in [3.8, 4) is 22.7 Å². The molecule has 1 aromatic heterocycles. The van der Waals surface area contributed by atoms with Crippen molar-refractivity contribution in [2.45, 2.75) is 13.0 Å². The van der Waals surface area contributed by atoms with Crippen LogP contribution in [0.2, 0.25) is 0 Å². The van der Waals surface area contributed by atoms with Crippen LogP contribution in [0.5, 0.6) is 5.75 Å². The van der Waals surface area contributed by atoms with E-state index in [9.17, 15) is 4.79 Å². The predicted octanol–water partition coefficient (Wildman–Crippen LogP) is 6.96. The Morgan fingerprint density at radius 1 is 0.805 bits per heavy atom. The maximum Gasteiger partial charge on any atom is 0.244 e. The van der Waals surface area contributed by atoms with Crippen molar-refractivity contribution in [2.24, 2.45) is 5.10 Å². The molecule has 0 fully saturated rings. The Labute approximate surface area is 238 Å². The number of aromatic nitrogens is 2. The van der Waals surface area contributed by atoms with E-state index in [1.165, 1.54) is 0 Å². The van der Waals surface area contributed by atoms with E-state index in [0.29, 0.717) is 6.61 Å². The molecule has 6 nitrogen and oxygen atoms in total. The van der Waals surface area contributed by atoms with Crippen LogP contribution in [-0.4, -0.2) is 21.9 Å². The van der Waals surface area contributed by atoms with Crippen molar-refractivity contribution in [1.29, 1.82) is 0 Å². The lowest BCUT2D eigenvalue weighted by Crippen LogP contribution is -2.19. The molecule has 0 atom stereocenters. The molecule has 0 unspecified atom stereocenters. The average Bonchev–Trinajstić information content (AvgIpc) is 3.45. The van der Waals surface area contributed by atoms with Gasteiger partial charge in [0.05, 0.1) is 18.3 Å². The Bertz CT molecular complexity index is 1790. The number of benzene rings is 5. The van der Waals surface area contributed by atoms with Crippen LogP contribution in [-0.2, 0) is 17.8 Å². The number of rotatable bonds is 9. The van der Waals surface area contributed by atoms with E-state index in [1.807, 2.05) is 138 Å². The third kappa shape index (κ3) is 6.23. The van der Waals surface area contributed by atoms with E-state index >= 15 is 0 Å². The van der Waals surface area contributed by atoms with Crippen molar-refractivity contribution in [1.82, 2.24) is 15.2 Å². The molecule has 0 saturated carbocycles. The molecular weight excluding hydrogens is 508 g/mol. The summed E-state index contributed by atoms with van der Waals surface area (Å²) in [5.74, 6) is 0.588. The normalized spacial score (nSPS) is 11.1. The molecule has 1 amide bonds. The molecule has 0 bridgehead atoms. The van der Waals surface area contributed by atoms with Crippen LogP contribution >= 0.6 is 0 Å². The largest absolute Gasteiger partial charge is 0.489 e. The molecule has 0 saturated heterocycles. The van der Waals surface area contributed by atoms with Crippen LogP contribution in [0.4, 0.5) is 0 Å². The highest BCUT2D eigenvalue weighted by Crippen LogP contribution is 2.25. The number of fused-ring (bicyclic) bond motifs is 1. The second kappa shape index (κ2) is 12.1. The second-order valence-electron chi connectivity index (χ2n) is 9.62. The Morgan fingerprint density at radius 3 is 2.32 bits per heavy atom. The highest BCUT2D eigenvalue weighted by Gasteiger charge is 2.12. The van der Waals surface area contributed by atoms with Gasteiger partial charge in [-0.2, -0.15) is 10.2 Å². The summed E-state index contributed by atoms with van der Waals surface area (Å²) in [6.45, 7) is 0.499. The molecule has 6 aromatic rings. The zero-order chi connectivity index (χ0) is 27.9. The standard InChI is InChI=1S/C35H28N4O2/c40-34(22-29-14-9-13-27-12-7-8-17-33(27)29)37-36-23-30-24-39(31-15-5-2-6-16-31)38-35(30)28-18-20-32(21-19-28)41-25-26-10-3-1-4-11-26/h1-21,23-24H,22,25H2,(H,37,40)/b36-23-. The zero-order valence-electron chi connectivity index (χ0n) is 22.4. The van der Waals surface area contributed by atoms with Crippen molar-refractivity contribution in [2.75, 3.05) is 0 Å². The summed E-state index contributed by atoms with van der Waals surface area (Å²) in [5.41, 5.74) is 8.12. The molecule has 5 aromatic carbocycles. The fourth-order valence-corrected chi connectivity index (χ4v) is 4.70. The molecule has 6 rings (SSSR count). The fourth-order valence-electron chi connectivity index (χ4n) is 4.70. The Hall–Kier alpha value is -5.49. The summed E-state index contributed by atoms with van der Waals surface area (Å²) in [6.07, 6.45) is 3.78. The van der Waals surface area contributed by atoms with Gasteiger partial charge in [0, 0.05) is 17.3 Å². The molecule has 0 aliphatic heterocycles. The van der Waals surface area contributed by atoms with Gasteiger partial charge in [-0.05, 0) is 58.3 Å². The minimum Gasteiger partial charge on any atom is -0.489 e. The van der Waals surface area contributed by atoms with Crippen LogP contribution < -0.4 is 10.2 Å². The molecule has 0 aliphatic carbocycles. The summed E-state index contributed by atoms with van der Waals surface area (Å²) in [4.78, 5) is 12.8. The van der Waals surface area contributed by atoms with Gasteiger partial charge in [-0.1, -0.05) is 91.0 Å². The lowest BCUT2D eigenvalue weighted by Gasteiger charge is -2.07. The maximum atomic E-state index is 12.8. The number of para-hydroxylation sites is 1. The quantitative estimate of drug-likeness (QED) is 0.160. The van der Waals surface area contributed by atoms with Gasteiger partial charge in [0.25, 0.3) is 0 Å². The van der Waals surface area contributed by atoms with E-state index in [2.05, 4.69) is 10.5 Å². The van der Waals surface area contributed by atoms with Crippen molar-refractivity contribution in [3.05, 3.63) is 150 Å². The average molecular weight is 537 g/mol. The summed E-state index contributed by atoms with van der Waals surface area (Å²) in [6, 6.07) is 41.8. The number of nitrogens with zero attached hydrogens (tertiary/aromatic N) is 3. The summed E-state index contributed by atoms with van der Waals surface area (Å²) < 4.78 is 7.77. The van der Waals surface area contributed by atoms with Crippen molar-refractivity contribution < 1.29 is 9.53 Å². The van der Waals surface area contributed by atoms with E-state index in [4.69, 9.17) is 9.84 Å². The monoisotopic (exact) mass is 536 g/mol. The molecular formula is C35H28N4O2. The molecule has 0 aliphatic rings. The first-order chi connectivity index (χ1) is 20.2. The zero-order valence-corrected chi connectivity index (χ0v) is 22.4. The third-order valence-electron chi connectivity index (χ3n) is 6.76. The van der Waals surface area contributed by atoms with Crippen LogP contribution in [0.1, 0.15) is 16.7 Å². The molecule has 1 heterocycles. The summed E-state index contributed by atoms with van der Waals surface area (Å²) in [5, 5.41) is 11.3. The molecule has 41 heavy (non-hydrogen) atoms. The van der Waals surface area contributed by atoms with Gasteiger partial charge in [0.15, 0.2) is 0 Å². The van der Waals surface area contributed by atoms with Crippen molar-refractivity contribution in [3.63, 3.8) is 0 Å². The first-order valence-electron chi connectivity index (χ1n) is 13.4. The molecule has 6 heteroatoms. The first-order valence-corrected chi connectivity index (χ1v) is 13.4. The van der Waals surface area contributed by atoms with Crippen LogP contribution in [0.3, 0.4) is 0 Å². The second-order valence-corrected chi connectivity index (χ2v) is 9.62. The Kier molecular flexibility index (Phi) is 7.63. The fraction of sp³-hybridized carbons (Fsp3) is 0.0571. The van der Waals surface area contributed by atoms with E-state index in [0.717, 1.165) is 50.2 Å². The van der Waals surface area contributed by atoms with Gasteiger partial charge >= 0.3 is 0 Å². The lowest BCUT2D eigenvalue weighted by atomic mass is 10.0. The van der Waals surface area contributed by atoms with Crippen LogP contribution in [0, 0.1) is 0 Å². The predicted molar refractivity (Wildman–Crippen MR) is 163 cm³/mol. The number of hydrogen-bond acceptors (Lipinski definition) is 4. The number of ether oxygens (including phenoxy) is 1. The van der Waals surface area contributed by atoms with Gasteiger partial charge < -0.3 is 4.74 Å². The van der Waals surface area contributed by atoms with Gasteiger partial charge in [-0.15, -0.1) is 0 Å². The van der Waals surface area contributed by atoms with E-state index in [1.54, 1.807) is 6.21 Å². The van der Waals surface area contributed by atoms with Gasteiger partial charge in [0.1, 0.15) is 18.1 Å². The smallest absolute Gasteiger partial charge is 0.244 e. The summed E-state index contributed by atoms with van der Waals surface area (Å²) in [7, 11) is 0. The first kappa shape index (κ1) is 25.8. The topological polar surface area (TPSA) is 68.5 Å². The lowest BCUT2D eigenvalue weighted by molar-refractivity contribution is -0.120. The number of hydrogen-bond donors (Lipinski definition) is 1. The molecule has 1 N–H and O–H groups in total. The Balaban J connectivity index is 1.20. The number of amides is 1. The number of carbonyl (C=O) groups excluding carboxylic acids is 1. The molecule has 200 valence electrons. The Morgan fingerprint density at radius 2 is 1.51 bits per heavy atom. The van der Waals surface area contributed by atoms with E-state index < -0.39 is 0 Å². The third-order valence-corrected chi connectivity index (χ3v) is 6.76. The highest BCUT2D eigenvalue weighted by atomic mass is 16.5. The van der Waals surface area contributed by atoms with Crippen molar-refractivity contribution >= 4 is 22.9 Å². The van der Waals surface area contributed by atoms with Gasteiger partial charge in [0.2, 0.25) is 5.91 Å². The minimum absolute atomic E-state index is 0.186. The SMILES string of the molecule is O=C(Cc1cccc2ccccc12)N/N=C\c1cn(-c2ccccc2)nc1-c1ccc(OCc2ccccc2)cc1.